The first kappa shape index (κ1) is 22.0. The molecule has 170 valence electrons. The standard InChI is InChI=1S/C29H22N4O2/c34-28(21-14-6-2-7-15-21)25(27-29(35)31-24-19-11-10-18-23(24)30-27)26(20-12-4-1-5-13-20)33-32-22-16-8-3-9-17-22/h1-19,25,32H,(H,31,35)/b33-26+. The molecule has 6 nitrogen and oxygen atoms in total. The highest BCUT2D eigenvalue weighted by molar-refractivity contribution is 6.22. The Labute approximate surface area is 202 Å². The fourth-order valence-electron chi connectivity index (χ4n) is 3.93. The highest BCUT2D eigenvalue weighted by atomic mass is 16.1. The van der Waals surface area contributed by atoms with E-state index in [1.165, 1.54) is 0 Å². The SMILES string of the molecule is O=C(c1ccccc1)C(/C(=N/Nc1ccccc1)c1ccccc1)c1nc2ccccc2[nH]c1=O. The van der Waals surface area contributed by atoms with Gasteiger partial charge in [-0.3, -0.25) is 15.0 Å². The normalized spacial score (nSPS) is 12.3. The monoisotopic (exact) mass is 458 g/mol. The van der Waals surface area contributed by atoms with Gasteiger partial charge in [0, 0.05) is 5.56 Å². The molecule has 0 aliphatic carbocycles. The highest BCUT2D eigenvalue weighted by Gasteiger charge is 2.32. The number of carbonyl (C=O) groups is 1. The first-order valence-corrected chi connectivity index (χ1v) is 11.2. The van der Waals surface area contributed by atoms with Gasteiger partial charge in [-0.15, -0.1) is 0 Å². The number of aromatic nitrogens is 2. The molecule has 5 aromatic rings. The van der Waals surface area contributed by atoms with E-state index in [1.54, 1.807) is 36.4 Å². The van der Waals surface area contributed by atoms with Crippen LogP contribution in [-0.2, 0) is 0 Å². The Hall–Kier alpha value is -4.84. The maximum Gasteiger partial charge on any atom is 0.271 e. The van der Waals surface area contributed by atoms with Crippen molar-refractivity contribution in [3.8, 4) is 0 Å². The molecule has 1 unspecified atom stereocenters. The number of H-pyrrole nitrogens is 1. The van der Waals surface area contributed by atoms with Crippen molar-refractivity contribution in [3.05, 3.63) is 142 Å². The summed E-state index contributed by atoms with van der Waals surface area (Å²) in [6.45, 7) is 0. The second kappa shape index (κ2) is 9.97. The summed E-state index contributed by atoms with van der Waals surface area (Å²) in [5.41, 5.74) is 6.25. The van der Waals surface area contributed by atoms with Gasteiger partial charge in [-0.2, -0.15) is 5.10 Å². The average molecular weight is 459 g/mol. The van der Waals surface area contributed by atoms with E-state index in [-0.39, 0.29) is 11.5 Å². The zero-order valence-electron chi connectivity index (χ0n) is 18.8. The highest BCUT2D eigenvalue weighted by Crippen LogP contribution is 2.25. The fourth-order valence-corrected chi connectivity index (χ4v) is 3.93. The van der Waals surface area contributed by atoms with Crippen LogP contribution in [0.2, 0.25) is 0 Å². The molecule has 4 aromatic carbocycles. The number of nitrogens with one attached hydrogen (secondary N) is 2. The van der Waals surface area contributed by atoms with Crippen molar-refractivity contribution in [2.45, 2.75) is 5.92 Å². The number of ketones is 1. The zero-order chi connectivity index (χ0) is 24.0. The van der Waals surface area contributed by atoms with Gasteiger partial charge in [-0.1, -0.05) is 91.0 Å². The van der Waals surface area contributed by atoms with Gasteiger partial charge in [0.15, 0.2) is 5.78 Å². The molecule has 0 radical (unpaired) electrons. The molecule has 2 N–H and O–H groups in total. The smallest absolute Gasteiger partial charge is 0.271 e. The summed E-state index contributed by atoms with van der Waals surface area (Å²) >= 11 is 0. The summed E-state index contributed by atoms with van der Waals surface area (Å²) in [5, 5.41) is 4.66. The Morgan fingerprint density at radius 3 is 2.00 bits per heavy atom. The van der Waals surface area contributed by atoms with E-state index in [4.69, 9.17) is 0 Å². The maximum absolute atomic E-state index is 14.0. The predicted molar refractivity (Wildman–Crippen MR) is 139 cm³/mol. The fraction of sp³-hybridized carbons (Fsp3) is 0.0345. The van der Waals surface area contributed by atoms with Crippen LogP contribution in [0.15, 0.2) is 125 Å². The summed E-state index contributed by atoms with van der Waals surface area (Å²) < 4.78 is 0. The van der Waals surface area contributed by atoms with Crippen molar-refractivity contribution in [2.75, 3.05) is 5.43 Å². The number of Topliss-reactive ketones (excluding diaryl/α,β-unsaturated/α-hetero) is 1. The first-order chi connectivity index (χ1) is 17.2. The number of hydrogen-bond donors (Lipinski definition) is 2. The molecule has 0 saturated carbocycles. The molecule has 0 saturated heterocycles. The van der Waals surface area contributed by atoms with Gasteiger partial charge in [0.2, 0.25) is 0 Å². The van der Waals surface area contributed by atoms with Crippen LogP contribution in [0.3, 0.4) is 0 Å². The van der Waals surface area contributed by atoms with E-state index in [0.717, 1.165) is 5.69 Å². The molecule has 1 atom stereocenters. The van der Waals surface area contributed by atoms with Crippen LogP contribution in [0.5, 0.6) is 0 Å². The lowest BCUT2D eigenvalue weighted by molar-refractivity contribution is 0.0981. The van der Waals surface area contributed by atoms with E-state index in [2.05, 4.69) is 20.5 Å². The number of fused-ring (bicyclic) bond motifs is 1. The van der Waals surface area contributed by atoms with Gasteiger partial charge in [0.05, 0.1) is 22.4 Å². The molecule has 0 aliphatic heterocycles. The van der Waals surface area contributed by atoms with Crippen molar-refractivity contribution < 1.29 is 4.79 Å². The van der Waals surface area contributed by atoms with E-state index < -0.39 is 11.5 Å². The number of anilines is 1. The van der Waals surface area contributed by atoms with Crippen molar-refractivity contribution >= 4 is 28.2 Å². The summed E-state index contributed by atoms with van der Waals surface area (Å²) in [5.74, 6) is -1.30. The van der Waals surface area contributed by atoms with E-state index in [9.17, 15) is 9.59 Å². The lowest BCUT2D eigenvalue weighted by Gasteiger charge is -2.19. The predicted octanol–water partition coefficient (Wildman–Crippen LogP) is 5.41. The van der Waals surface area contributed by atoms with Crippen molar-refractivity contribution in [1.82, 2.24) is 9.97 Å². The van der Waals surface area contributed by atoms with Gasteiger partial charge >= 0.3 is 0 Å². The molecular weight excluding hydrogens is 436 g/mol. The molecule has 0 fully saturated rings. The molecule has 0 bridgehead atoms. The molecule has 0 amide bonds. The summed E-state index contributed by atoms with van der Waals surface area (Å²) in [6, 6.07) is 35.0. The van der Waals surface area contributed by atoms with Crippen LogP contribution < -0.4 is 11.0 Å². The molecule has 0 spiro atoms. The van der Waals surface area contributed by atoms with Crippen LogP contribution in [0.25, 0.3) is 11.0 Å². The van der Waals surface area contributed by atoms with Crippen LogP contribution in [0, 0.1) is 0 Å². The Balaban J connectivity index is 1.73. The Morgan fingerprint density at radius 2 is 1.31 bits per heavy atom. The van der Waals surface area contributed by atoms with E-state index in [1.807, 2.05) is 78.9 Å². The van der Waals surface area contributed by atoms with Gasteiger partial charge < -0.3 is 4.98 Å². The number of carbonyl (C=O) groups excluding carboxylic acids is 1. The second-order valence-electron chi connectivity index (χ2n) is 7.97. The summed E-state index contributed by atoms with van der Waals surface area (Å²) in [6.07, 6.45) is 0. The first-order valence-electron chi connectivity index (χ1n) is 11.2. The quantitative estimate of drug-likeness (QED) is 0.194. The van der Waals surface area contributed by atoms with Crippen LogP contribution >= 0.6 is 0 Å². The molecule has 35 heavy (non-hydrogen) atoms. The summed E-state index contributed by atoms with van der Waals surface area (Å²) in [4.78, 5) is 34.8. The minimum atomic E-state index is -1.04. The largest absolute Gasteiger partial charge is 0.319 e. The van der Waals surface area contributed by atoms with Gasteiger partial charge in [-0.25, -0.2) is 4.98 Å². The van der Waals surface area contributed by atoms with Crippen molar-refractivity contribution in [3.63, 3.8) is 0 Å². The number of hydrogen-bond acceptors (Lipinski definition) is 5. The van der Waals surface area contributed by atoms with E-state index >= 15 is 0 Å². The van der Waals surface area contributed by atoms with Crippen molar-refractivity contribution in [1.29, 1.82) is 0 Å². The van der Waals surface area contributed by atoms with Crippen LogP contribution in [0.4, 0.5) is 5.69 Å². The van der Waals surface area contributed by atoms with Gasteiger partial charge in [-0.05, 0) is 29.8 Å². The summed E-state index contributed by atoms with van der Waals surface area (Å²) in [7, 11) is 0. The minimum absolute atomic E-state index is 0.0926. The molecule has 5 rings (SSSR count). The van der Waals surface area contributed by atoms with Gasteiger partial charge in [0.25, 0.3) is 5.56 Å². The topological polar surface area (TPSA) is 87.2 Å². The maximum atomic E-state index is 14.0. The van der Waals surface area contributed by atoms with Crippen molar-refractivity contribution in [2.24, 2.45) is 5.10 Å². The number of nitrogens with zero attached hydrogens (tertiary/aromatic N) is 2. The number of aromatic amines is 1. The minimum Gasteiger partial charge on any atom is -0.319 e. The third kappa shape index (κ3) is 4.77. The average Bonchev–Trinajstić information content (AvgIpc) is 2.92. The molecule has 1 aromatic heterocycles. The Kier molecular flexibility index (Phi) is 6.26. The Morgan fingerprint density at radius 1 is 0.743 bits per heavy atom. The molecular formula is C29H22N4O2. The van der Waals surface area contributed by atoms with Gasteiger partial charge in [0.1, 0.15) is 11.6 Å². The number of benzene rings is 4. The number of rotatable bonds is 7. The zero-order valence-corrected chi connectivity index (χ0v) is 18.8. The molecule has 1 heterocycles. The number of para-hydroxylation sites is 3. The molecule has 0 aliphatic rings. The lowest BCUT2D eigenvalue weighted by atomic mass is 9.86. The third-order valence-electron chi connectivity index (χ3n) is 5.64. The third-order valence-corrected chi connectivity index (χ3v) is 5.64. The lowest BCUT2D eigenvalue weighted by Crippen LogP contribution is -2.31. The van der Waals surface area contributed by atoms with Crippen LogP contribution in [-0.4, -0.2) is 21.5 Å². The number of hydrazone groups is 1. The second-order valence-corrected chi connectivity index (χ2v) is 7.97. The Bertz CT molecular complexity index is 1550. The van der Waals surface area contributed by atoms with E-state index in [0.29, 0.717) is 27.9 Å². The molecule has 6 heteroatoms. The van der Waals surface area contributed by atoms with Crippen LogP contribution in [0.1, 0.15) is 27.5 Å².